The zero-order chi connectivity index (χ0) is 41.7. The highest BCUT2D eigenvalue weighted by Gasteiger charge is 2.17. The van der Waals surface area contributed by atoms with E-state index < -0.39 is 0 Å². The number of carbonyl (C=O) groups is 2. The van der Waals surface area contributed by atoms with Crippen molar-refractivity contribution < 1.29 is 14.3 Å². The Kier molecular flexibility index (Phi) is 15.4. The lowest BCUT2D eigenvalue weighted by Gasteiger charge is -2.14. The molecule has 0 saturated carbocycles. The van der Waals surface area contributed by atoms with Crippen LogP contribution in [0.15, 0.2) is 146 Å². The maximum atomic E-state index is 13.0. The Morgan fingerprint density at radius 1 is 0.390 bits per heavy atom. The molecule has 0 saturated heterocycles. The molecule has 0 heterocycles. The van der Waals surface area contributed by atoms with Crippen molar-refractivity contribution in [2.45, 2.75) is 93.3 Å². The van der Waals surface area contributed by atoms with Crippen molar-refractivity contribution in [3.05, 3.63) is 168 Å². The maximum Gasteiger partial charge on any atom is 0.165 e. The second-order valence-corrected chi connectivity index (χ2v) is 17.3. The molecule has 0 aliphatic rings. The normalized spacial score (nSPS) is 12.5. The van der Waals surface area contributed by atoms with Gasteiger partial charge in [-0.1, -0.05) is 213 Å². The topological polar surface area (TPSA) is 43.4 Å². The van der Waals surface area contributed by atoms with E-state index in [9.17, 15) is 9.59 Å². The van der Waals surface area contributed by atoms with Gasteiger partial charge in [0.25, 0.3) is 0 Å². The number of carbonyl (C=O) groups excluding carboxylic acids is 2. The Morgan fingerprint density at radius 2 is 0.695 bits per heavy atom. The second kappa shape index (κ2) is 21.0. The Hall–Kier alpha value is -5.38. The van der Waals surface area contributed by atoms with E-state index in [1.54, 1.807) is 0 Å². The summed E-state index contributed by atoms with van der Waals surface area (Å²) < 4.78 is 6.42. The molecule has 59 heavy (non-hydrogen) atoms. The zero-order valence-electron chi connectivity index (χ0n) is 36.0. The molecule has 3 heteroatoms. The molecule has 6 aromatic rings. The van der Waals surface area contributed by atoms with Gasteiger partial charge in [0, 0.05) is 23.0 Å². The Bertz CT molecular complexity index is 2080. The van der Waals surface area contributed by atoms with Gasteiger partial charge in [-0.15, -0.1) is 0 Å². The molecular formula is C56H62O3. The smallest absolute Gasteiger partial charge is 0.165 e. The van der Waals surface area contributed by atoms with E-state index in [1.165, 1.54) is 0 Å². The van der Waals surface area contributed by atoms with E-state index in [4.69, 9.17) is 4.74 Å². The summed E-state index contributed by atoms with van der Waals surface area (Å²) in [6.45, 7) is 14.0. The fourth-order valence-electron chi connectivity index (χ4n) is 7.96. The second-order valence-electron chi connectivity index (χ2n) is 17.3. The summed E-state index contributed by atoms with van der Waals surface area (Å²) in [5.74, 6) is 1.90. The molecule has 0 bridgehead atoms. The number of hydrogen-bond donors (Lipinski definition) is 0. The van der Waals surface area contributed by atoms with Crippen molar-refractivity contribution in [1.29, 1.82) is 0 Å². The van der Waals surface area contributed by atoms with Gasteiger partial charge in [-0.25, -0.2) is 0 Å². The summed E-state index contributed by atoms with van der Waals surface area (Å²) in [4.78, 5) is 26.1. The largest absolute Gasteiger partial charge is 0.372 e. The average molecular weight is 783 g/mol. The first-order chi connectivity index (χ1) is 28.6. The number of hydrogen-bond acceptors (Lipinski definition) is 3. The van der Waals surface area contributed by atoms with Gasteiger partial charge in [0.1, 0.15) is 0 Å². The van der Waals surface area contributed by atoms with Crippen LogP contribution in [-0.2, 0) is 18.0 Å². The van der Waals surface area contributed by atoms with Crippen LogP contribution in [0.2, 0.25) is 0 Å². The van der Waals surface area contributed by atoms with Gasteiger partial charge in [-0.05, 0) is 80.3 Å². The molecular weight excluding hydrogens is 721 g/mol. The van der Waals surface area contributed by atoms with Crippen molar-refractivity contribution in [2.24, 2.45) is 23.7 Å². The van der Waals surface area contributed by atoms with E-state index in [0.29, 0.717) is 25.0 Å². The predicted molar refractivity (Wildman–Crippen MR) is 247 cm³/mol. The molecule has 6 rings (SSSR count). The van der Waals surface area contributed by atoms with E-state index in [-0.39, 0.29) is 23.4 Å². The van der Waals surface area contributed by atoms with Crippen molar-refractivity contribution in [2.75, 3.05) is 0 Å². The molecule has 0 fully saturated rings. The molecule has 2 unspecified atom stereocenters. The SMILES string of the molecule is CC(C)CCCC(C)C(=O)c1ccc(-c2ccc(-c3ccccc3COCc3ccccc3-c3ccc(-c4ccc(C(=O)C(C)CCCC(C)C)cc4)cc3)cc2)cc1. The Morgan fingerprint density at radius 3 is 1.03 bits per heavy atom. The highest BCUT2D eigenvalue weighted by atomic mass is 16.5. The Labute approximate surface area is 353 Å². The minimum Gasteiger partial charge on any atom is -0.372 e. The number of Topliss-reactive ketones (excluding diaryl/α,β-unsaturated/α-hetero) is 2. The van der Waals surface area contributed by atoms with Crippen molar-refractivity contribution in [3.63, 3.8) is 0 Å². The molecule has 304 valence electrons. The van der Waals surface area contributed by atoms with Crippen LogP contribution in [0.4, 0.5) is 0 Å². The minimum atomic E-state index is 0.0453. The maximum absolute atomic E-state index is 13.0. The highest BCUT2D eigenvalue weighted by Crippen LogP contribution is 2.31. The van der Waals surface area contributed by atoms with E-state index in [0.717, 1.165) is 105 Å². The predicted octanol–water partition coefficient (Wildman–Crippen LogP) is 15.4. The third-order valence-corrected chi connectivity index (χ3v) is 11.7. The first kappa shape index (κ1) is 43.2. The summed E-state index contributed by atoms with van der Waals surface area (Å²) in [6.07, 6.45) is 6.39. The summed E-state index contributed by atoms with van der Waals surface area (Å²) in [6, 6.07) is 50.4. The number of ketones is 2. The van der Waals surface area contributed by atoms with Gasteiger partial charge < -0.3 is 4.74 Å². The minimum absolute atomic E-state index is 0.0453. The van der Waals surface area contributed by atoms with Crippen LogP contribution in [0.3, 0.4) is 0 Å². The molecule has 0 N–H and O–H groups in total. The van der Waals surface area contributed by atoms with E-state index in [1.807, 2.05) is 24.3 Å². The van der Waals surface area contributed by atoms with E-state index in [2.05, 4.69) is 163 Å². The lowest BCUT2D eigenvalue weighted by atomic mass is 9.91. The first-order valence-corrected chi connectivity index (χ1v) is 21.8. The standard InChI is InChI=1S/C56H62O3/c1-39(2)13-11-15-41(5)55(57)49-33-25-45(26-34-49)43-21-29-47(30-22-43)53-19-9-7-17-51(53)37-59-38-52-18-8-10-20-54(52)48-31-23-44(24-32-48)46-27-35-50(36-28-46)56(58)42(6)16-12-14-40(3)4/h7-10,17-36,39-42H,11-16,37-38H2,1-6H3. The highest BCUT2D eigenvalue weighted by molar-refractivity contribution is 5.98. The quantitative estimate of drug-likeness (QED) is 0.0725. The van der Waals surface area contributed by atoms with Crippen LogP contribution in [0.1, 0.15) is 112 Å². The lowest BCUT2D eigenvalue weighted by molar-refractivity contribution is 0.0914. The first-order valence-electron chi connectivity index (χ1n) is 21.8. The van der Waals surface area contributed by atoms with Crippen molar-refractivity contribution >= 4 is 11.6 Å². The molecule has 0 radical (unpaired) electrons. The van der Waals surface area contributed by atoms with Gasteiger partial charge in [0.05, 0.1) is 13.2 Å². The molecule has 0 aliphatic heterocycles. The number of ether oxygens (including phenoxy) is 1. The van der Waals surface area contributed by atoms with Gasteiger partial charge >= 0.3 is 0 Å². The Balaban J connectivity index is 1.05. The molecule has 6 aromatic carbocycles. The number of benzene rings is 6. The molecule has 0 aliphatic carbocycles. The van der Waals surface area contributed by atoms with Crippen LogP contribution in [0.5, 0.6) is 0 Å². The van der Waals surface area contributed by atoms with Gasteiger partial charge in [-0.2, -0.15) is 0 Å². The van der Waals surface area contributed by atoms with Crippen LogP contribution >= 0.6 is 0 Å². The third-order valence-electron chi connectivity index (χ3n) is 11.7. The average Bonchev–Trinajstić information content (AvgIpc) is 3.26. The third kappa shape index (κ3) is 11.9. The van der Waals surface area contributed by atoms with Gasteiger partial charge in [0.15, 0.2) is 11.6 Å². The molecule has 3 nitrogen and oxygen atoms in total. The lowest BCUT2D eigenvalue weighted by Crippen LogP contribution is -2.11. The molecule has 0 aromatic heterocycles. The molecule has 0 amide bonds. The number of rotatable bonds is 20. The van der Waals surface area contributed by atoms with E-state index >= 15 is 0 Å². The van der Waals surface area contributed by atoms with Crippen molar-refractivity contribution in [1.82, 2.24) is 0 Å². The summed E-state index contributed by atoms with van der Waals surface area (Å²) in [7, 11) is 0. The van der Waals surface area contributed by atoms with Crippen LogP contribution in [-0.4, -0.2) is 11.6 Å². The fourth-order valence-corrected chi connectivity index (χ4v) is 7.96. The molecule has 0 spiro atoms. The van der Waals surface area contributed by atoms with Gasteiger partial charge in [0.2, 0.25) is 0 Å². The van der Waals surface area contributed by atoms with Crippen molar-refractivity contribution in [3.8, 4) is 44.5 Å². The monoisotopic (exact) mass is 782 g/mol. The molecule has 2 atom stereocenters. The summed E-state index contributed by atoms with van der Waals surface area (Å²) >= 11 is 0. The van der Waals surface area contributed by atoms with Crippen LogP contribution in [0, 0.1) is 23.7 Å². The fraction of sp³-hybridized carbons (Fsp3) is 0.321. The van der Waals surface area contributed by atoms with Crippen LogP contribution < -0.4 is 0 Å². The van der Waals surface area contributed by atoms with Crippen LogP contribution in [0.25, 0.3) is 44.5 Å². The zero-order valence-corrected chi connectivity index (χ0v) is 36.0. The van der Waals surface area contributed by atoms with Gasteiger partial charge in [-0.3, -0.25) is 9.59 Å². The summed E-state index contributed by atoms with van der Waals surface area (Å²) in [5, 5.41) is 0. The summed E-state index contributed by atoms with van der Waals surface area (Å²) in [5.41, 5.74) is 12.9.